The van der Waals surface area contributed by atoms with Crippen LogP contribution in [-0.4, -0.2) is 41.0 Å². The Kier molecular flexibility index (Phi) is 4.94. The molecule has 1 aromatic carbocycles. The topological polar surface area (TPSA) is 75.3 Å². The molecule has 1 fully saturated rings. The summed E-state index contributed by atoms with van der Waals surface area (Å²) in [6.07, 6.45) is 6.23. The molecule has 128 valence electrons. The van der Waals surface area contributed by atoms with Gasteiger partial charge in [0, 0.05) is 6.04 Å². The van der Waals surface area contributed by atoms with Crippen LogP contribution in [0.2, 0.25) is 0 Å². The number of carbonyl (C=O) groups is 1. The highest BCUT2D eigenvalue weighted by Crippen LogP contribution is 2.22. The lowest BCUT2D eigenvalue weighted by Crippen LogP contribution is -2.34. The Morgan fingerprint density at radius 2 is 2.08 bits per heavy atom. The molecule has 1 heterocycles. The van der Waals surface area contributed by atoms with Crippen molar-refractivity contribution in [3.05, 3.63) is 39.9 Å². The standard InChI is InChI=1S/C18H23N3O3/c1-21(13-6-4-3-5-7-13)11-16-19-15-10-12(18(23)24-2)8-9-14(15)17(22)20-16/h8-10,13H,3-7,11H2,1-2H3,(H,19,20,22). The fourth-order valence-corrected chi connectivity index (χ4v) is 3.39. The predicted octanol–water partition coefficient (Wildman–Crippen LogP) is 2.47. The number of aromatic nitrogens is 2. The van der Waals surface area contributed by atoms with E-state index in [0.717, 1.165) is 0 Å². The van der Waals surface area contributed by atoms with E-state index in [9.17, 15) is 9.59 Å². The van der Waals surface area contributed by atoms with Gasteiger partial charge in [0.25, 0.3) is 5.56 Å². The molecule has 0 amide bonds. The number of aromatic amines is 1. The van der Waals surface area contributed by atoms with Gasteiger partial charge in [0.15, 0.2) is 0 Å². The molecule has 0 aliphatic heterocycles. The average Bonchev–Trinajstić information content (AvgIpc) is 2.61. The first-order chi connectivity index (χ1) is 11.6. The van der Waals surface area contributed by atoms with Crippen LogP contribution in [0.4, 0.5) is 0 Å². The van der Waals surface area contributed by atoms with Crippen molar-refractivity contribution in [2.45, 2.75) is 44.7 Å². The number of nitrogens with zero attached hydrogens (tertiary/aromatic N) is 2. The maximum absolute atomic E-state index is 12.3. The highest BCUT2D eigenvalue weighted by molar-refractivity contribution is 5.93. The van der Waals surface area contributed by atoms with E-state index < -0.39 is 5.97 Å². The van der Waals surface area contributed by atoms with Gasteiger partial charge in [-0.1, -0.05) is 19.3 Å². The van der Waals surface area contributed by atoms with Crippen LogP contribution in [-0.2, 0) is 11.3 Å². The zero-order chi connectivity index (χ0) is 17.1. The van der Waals surface area contributed by atoms with E-state index in [4.69, 9.17) is 4.74 Å². The molecular formula is C18H23N3O3. The van der Waals surface area contributed by atoms with Gasteiger partial charge in [-0.05, 0) is 38.1 Å². The van der Waals surface area contributed by atoms with Crippen LogP contribution in [0, 0.1) is 0 Å². The van der Waals surface area contributed by atoms with E-state index in [0.29, 0.717) is 34.9 Å². The second-order valence-electron chi connectivity index (χ2n) is 6.44. The minimum Gasteiger partial charge on any atom is -0.465 e. The zero-order valence-electron chi connectivity index (χ0n) is 14.2. The van der Waals surface area contributed by atoms with Crippen molar-refractivity contribution in [3.8, 4) is 0 Å². The number of benzene rings is 1. The van der Waals surface area contributed by atoms with Crippen molar-refractivity contribution in [2.75, 3.05) is 14.2 Å². The number of hydrogen-bond donors (Lipinski definition) is 1. The molecule has 1 saturated carbocycles. The van der Waals surface area contributed by atoms with Crippen molar-refractivity contribution in [3.63, 3.8) is 0 Å². The molecule has 1 N–H and O–H groups in total. The molecule has 0 radical (unpaired) electrons. The molecule has 0 spiro atoms. The van der Waals surface area contributed by atoms with Crippen molar-refractivity contribution in [2.24, 2.45) is 0 Å². The molecule has 3 rings (SSSR count). The second kappa shape index (κ2) is 7.13. The molecule has 1 aromatic heterocycles. The maximum atomic E-state index is 12.3. The molecular weight excluding hydrogens is 306 g/mol. The minimum absolute atomic E-state index is 0.177. The number of hydrogen-bond acceptors (Lipinski definition) is 5. The smallest absolute Gasteiger partial charge is 0.337 e. The molecule has 2 aromatic rings. The Morgan fingerprint density at radius 3 is 2.79 bits per heavy atom. The second-order valence-corrected chi connectivity index (χ2v) is 6.44. The first-order valence-corrected chi connectivity index (χ1v) is 8.40. The van der Waals surface area contributed by atoms with E-state index in [1.165, 1.54) is 39.2 Å². The Hall–Kier alpha value is -2.21. The third kappa shape index (κ3) is 3.48. The lowest BCUT2D eigenvalue weighted by molar-refractivity contribution is 0.0601. The summed E-state index contributed by atoms with van der Waals surface area (Å²) in [5, 5.41) is 0.478. The van der Waals surface area contributed by atoms with Crippen LogP contribution in [0.1, 0.15) is 48.3 Å². The van der Waals surface area contributed by atoms with E-state index in [1.54, 1.807) is 18.2 Å². The summed E-state index contributed by atoms with van der Waals surface area (Å²) in [4.78, 5) is 33.6. The SMILES string of the molecule is COC(=O)c1ccc2c(=O)[nH]c(CN(C)C3CCCCC3)nc2c1. The van der Waals surface area contributed by atoms with Crippen molar-refractivity contribution < 1.29 is 9.53 Å². The lowest BCUT2D eigenvalue weighted by Gasteiger charge is -2.30. The Morgan fingerprint density at radius 1 is 1.33 bits per heavy atom. The van der Waals surface area contributed by atoms with Crippen LogP contribution in [0.5, 0.6) is 0 Å². The van der Waals surface area contributed by atoms with Gasteiger partial charge in [0.05, 0.1) is 30.1 Å². The van der Waals surface area contributed by atoms with Gasteiger partial charge in [0.2, 0.25) is 0 Å². The number of nitrogens with one attached hydrogen (secondary N) is 1. The molecule has 0 unspecified atom stereocenters. The van der Waals surface area contributed by atoms with E-state index in [2.05, 4.69) is 21.9 Å². The third-order valence-electron chi connectivity index (χ3n) is 4.77. The monoisotopic (exact) mass is 329 g/mol. The number of fused-ring (bicyclic) bond motifs is 1. The molecule has 0 atom stereocenters. The third-order valence-corrected chi connectivity index (χ3v) is 4.77. The van der Waals surface area contributed by atoms with E-state index >= 15 is 0 Å². The molecule has 24 heavy (non-hydrogen) atoms. The quantitative estimate of drug-likeness (QED) is 0.872. The number of methoxy groups -OCH3 is 1. The number of esters is 1. The van der Waals surface area contributed by atoms with Gasteiger partial charge in [-0.3, -0.25) is 9.69 Å². The Bertz CT molecular complexity index is 794. The van der Waals surface area contributed by atoms with E-state index in [-0.39, 0.29) is 5.56 Å². The van der Waals surface area contributed by atoms with Gasteiger partial charge in [-0.2, -0.15) is 0 Å². The number of rotatable bonds is 4. The Balaban J connectivity index is 1.88. The zero-order valence-corrected chi connectivity index (χ0v) is 14.2. The summed E-state index contributed by atoms with van der Waals surface area (Å²) in [6, 6.07) is 5.35. The molecule has 1 aliphatic rings. The number of carbonyl (C=O) groups excluding carboxylic acids is 1. The van der Waals surface area contributed by atoms with Crippen LogP contribution in [0.3, 0.4) is 0 Å². The summed E-state index contributed by atoms with van der Waals surface area (Å²) < 4.78 is 4.73. The first kappa shape index (κ1) is 16.6. The van der Waals surface area contributed by atoms with Gasteiger partial charge >= 0.3 is 5.97 Å². The highest BCUT2D eigenvalue weighted by atomic mass is 16.5. The lowest BCUT2D eigenvalue weighted by atomic mass is 9.94. The summed E-state index contributed by atoms with van der Waals surface area (Å²) in [5.74, 6) is 0.197. The molecule has 6 nitrogen and oxygen atoms in total. The minimum atomic E-state index is -0.431. The van der Waals surface area contributed by atoms with Crippen molar-refractivity contribution in [1.29, 1.82) is 0 Å². The normalized spacial score (nSPS) is 15.8. The average molecular weight is 329 g/mol. The van der Waals surface area contributed by atoms with Gasteiger partial charge in [-0.25, -0.2) is 9.78 Å². The first-order valence-electron chi connectivity index (χ1n) is 8.40. The summed E-state index contributed by atoms with van der Waals surface area (Å²) in [5.41, 5.74) is 0.742. The van der Waals surface area contributed by atoms with Crippen LogP contribution < -0.4 is 5.56 Å². The fourth-order valence-electron chi connectivity index (χ4n) is 3.39. The van der Waals surface area contributed by atoms with Crippen LogP contribution in [0.25, 0.3) is 10.9 Å². The largest absolute Gasteiger partial charge is 0.465 e. The van der Waals surface area contributed by atoms with Crippen LogP contribution >= 0.6 is 0 Å². The van der Waals surface area contributed by atoms with Gasteiger partial charge in [0.1, 0.15) is 5.82 Å². The number of H-pyrrole nitrogens is 1. The summed E-state index contributed by atoms with van der Waals surface area (Å²) >= 11 is 0. The van der Waals surface area contributed by atoms with Gasteiger partial charge in [-0.15, -0.1) is 0 Å². The summed E-state index contributed by atoms with van der Waals surface area (Å²) in [6.45, 7) is 0.596. The highest BCUT2D eigenvalue weighted by Gasteiger charge is 2.19. The molecule has 0 saturated heterocycles. The van der Waals surface area contributed by atoms with Crippen molar-refractivity contribution >= 4 is 16.9 Å². The fraction of sp³-hybridized carbons (Fsp3) is 0.500. The number of ether oxygens (including phenoxy) is 1. The van der Waals surface area contributed by atoms with Gasteiger partial charge < -0.3 is 9.72 Å². The Labute approximate surface area is 140 Å². The summed E-state index contributed by atoms with van der Waals surface area (Å²) in [7, 11) is 3.41. The van der Waals surface area contributed by atoms with Crippen molar-refractivity contribution in [1.82, 2.24) is 14.9 Å². The van der Waals surface area contributed by atoms with E-state index in [1.807, 2.05) is 0 Å². The predicted molar refractivity (Wildman–Crippen MR) is 92.0 cm³/mol. The van der Waals surface area contributed by atoms with Crippen LogP contribution in [0.15, 0.2) is 23.0 Å². The maximum Gasteiger partial charge on any atom is 0.337 e. The molecule has 0 bridgehead atoms. The molecule has 6 heteroatoms. The molecule has 1 aliphatic carbocycles.